The zero-order valence-electron chi connectivity index (χ0n) is 18.1. The van der Waals surface area contributed by atoms with E-state index in [1.54, 1.807) is 0 Å². The standard InChI is InChI=1S/C22H39N3O3/c1-5-23-22(24-11-8-12-27-17-19(3)4)25-16-20-9-7-10-21(15-20)18-28-14-13-26-6-2/h7,9-10,15,19H,5-6,8,11-14,16-18H2,1-4H3,(H2,23,24,25). The van der Waals surface area contributed by atoms with E-state index < -0.39 is 0 Å². The van der Waals surface area contributed by atoms with Gasteiger partial charge < -0.3 is 24.8 Å². The van der Waals surface area contributed by atoms with E-state index in [4.69, 9.17) is 14.2 Å². The highest BCUT2D eigenvalue weighted by molar-refractivity contribution is 5.79. The SMILES string of the molecule is CCNC(=NCc1cccc(COCCOCC)c1)NCCCOCC(C)C. The lowest BCUT2D eigenvalue weighted by atomic mass is 10.1. The van der Waals surface area contributed by atoms with Gasteiger partial charge in [-0.2, -0.15) is 0 Å². The van der Waals surface area contributed by atoms with Gasteiger partial charge in [0, 0.05) is 32.9 Å². The van der Waals surface area contributed by atoms with Crippen molar-refractivity contribution < 1.29 is 14.2 Å². The van der Waals surface area contributed by atoms with Crippen molar-refractivity contribution in [1.82, 2.24) is 10.6 Å². The molecule has 0 bridgehead atoms. The Bertz CT molecular complexity index is 536. The molecule has 0 atom stereocenters. The van der Waals surface area contributed by atoms with Crippen molar-refractivity contribution in [1.29, 1.82) is 0 Å². The first kappa shape index (κ1) is 24.4. The van der Waals surface area contributed by atoms with Crippen LogP contribution in [0.15, 0.2) is 29.3 Å². The highest BCUT2D eigenvalue weighted by atomic mass is 16.5. The van der Waals surface area contributed by atoms with E-state index >= 15 is 0 Å². The number of ether oxygens (including phenoxy) is 3. The molecule has 160 valence electrons. The number of hydrogen-bond donors (Lipinski definition) is 2. The maximum Gasteiger partial charge on any atom is 0.191 e. The van der Waals surface area contributed by atoms with Crippen LogP contribution in [0.3, 0.4) is 0 Å². The zero-order chi connectivity index (χ0) is 20.5. The summed E-state index contributed by atoms with van der Waals surface area (Å²) in [6.45, 7) is 14.9. The fraction of sp³-hybridized carbons (Fsp3) is 0.682. The van der Waals surface area contributed by atoms with E-state index in [1.165, 1.54) is 5.56 Å². The highest BCUT2D eigenvalue weighted by Crippen LogP contribution is 2.08. The molecule has 1 aromatic carbocycles. The Balaban J connectivity index is 2.38. The third-order valence-corrected chi connectivity index (χ3v) is 3.81. The van der Waals surface area contributed by atoms with E-state index in [-0.39, 0.29) is 0 Å². The van der Waals surface area contributed by atoms with Gasteiger partial charge in [0.25, 0.3) is 0 Å². The molecule has 6 nitrogen and oxygen atoms in total. The first-order valence-corrected chi connectivity index (χ1v) is 10.5. The Labute approximate surface area is 171 Å². The molecule has 0 aromatic heterocycles. The van der Waals surface area contributed by atoms with Crippen molar-refractivity contribution in [3.8, 4) is 0 Å². The molecule has 0 fully saturated rings. The molecule has 1 aromatic rings. The second-order valence-electron chi connectivity index (χ2n) is 7.01. The fourth-order valence-corrected chi connectivity index (χ4v) is 2.48. The minimum atomic E-state index is 0.581. The fourth-order valence-electron chi connectivity index (χ4n) is 2.48. The lowest BCUT2D eigenvalue weighted by Gasteiger charge is -2.12. The average Bonchev–Trinajstić information content (AvgIpc) is 2.68. The minimum Gasteiger partial charge on any atom is -0.381 e. The third kappa shape index (κ3) is 12.7. The summed E-state index contributed by atoms with van der Waals surface area (Å²) in [5.74, 6) is 1.42. The maximum absolute atomic E-state index is 5.64. The van der Waals surface area contributed by atoms with Gasteiger partial charge >= 0.3 is 0 Å². The van der Waals surface area contributed by atoms with Crippen LogP contribution in [-0.4, -0.2) is 52.1 Å². The molecular formula is C22H39N3O3. The van der Waals surface area contributed by atoms with E-state index in [0.29, 0.717) is 32.3 Å². The van der Waals surface area contributed by atoms with Crippen LogP contribution >= 0.6 is 0 Å². The molecule has 0 saturated heterocycles. The van der Waals surface area contributed by atoms with Crippen molar-refractivity contribution in [3.05, 3.63) is 35.4 Å². The van der Waals surface area contributed by atoms with Gasteiger partial charge in [-0.3, -0.25) is 0 Å². The highest BCUT2D eigenvalue weighted by Gasteiger charge is 2.00. The summed E-state index contributed by atoms with van der Waals surface area (Å²) in [7, 11) is 0. The van der Waals surface area contributed by atoms with Gasteiger partial charge in [-0.25, -0.2) is 4.99 Å². The van der Waals surface area contributed by atoms with Gasteiger partial charge in [0.2, 0.25) is 0 Å². The summed E-state index contributed by atoms with van der Waals surface area (Å²) in [6.07, 6.45) is 0.964. The second-order valence-corrected chi connectivity index (χ2v) is 7.01. The van der Waals surface area contributed by atoms with Crippen molar-refractivity contribution in [3.63, 3.8) is 0 Å². The van der Waals surface area contributed by atoms with Crippen molar-refractivity contribution >= 4 is 5.96 Å². The number of rotatable bonds is 15. The van der Waals surface area contributed by atoms with E-state index in [1.807, 2.05) is 6.92 Å². The smallest absolute Gasteiger partial charge is 0.191 e. The first-order chi connectivity index (χ1) is 13.7. The summed E-state index contributed by atoms with van der Waals surface area (Å²) in [5, 5.41) is 6.66. The minimum absolute atomic E-state index is 0.581. The van der Waals surface area contributed by atoms with Gasteiger partial charge in [0.15, 0.2) is 5.96 Å². The monoisotopic (exact) mass is 393 g/mol. The van der Waals surface area contributed by atoms with Crippen molar-refractivity contribution in [2.45, 2.75) is 47.3 Å². The summed E-state index contributed by atoms with van der Waals surface area (Å²) >= 11 is 0. The molecule has 6 heteroatoms. The Morgan fingerprint density at radius 3 is 2.54 bits per heavy atom. The normalized spacial score (nSPS) is 11.8. The van der Waals surface area contributed by atoms with E-state index in [2.05, 4.69) is 60.7 Å². The van der Waals surface area contributed by atoms with Gasteiger partial charge in [-0.1, -0.05) is 38.1 Å². The van der Waals surface area contributed by atoms with Crippen LogP contribution in [0.1, 0.15) is 45.2 Å². The molecule has 0 unspecified atom stereocenters. The van der Waals surface area contributed by atoms with Crippen LogP contribution in [0.25, 0.3) is 0 Å². The number of guanidine groups is 1. The van der Waals surface area contributed by atoms with Crippen LogP contribution < -0.4 is 10.6 Å². The van der Waals surface area contributed by atoms with Crippen LogP contribution in [0.5, 0.6) is 0 Å². The predicted molar refractivity (Wildman–Crippen MR) is 116 cm³/mol. The van der Waals surface area contributed by atoms with Gasteiger partial charge in [-0.05, 0) is 37.3 Å². The predicted octanol–water partition coefficient (Wildman–Crippen LogP) is 3.36. The van der Waals surface area contributed by atoms with E-state index in [9.17, 15) is 0 Å². The zero-order valence-corrected chi connectivity index (χ0v) is 18.1. The number of nitrogens with zero attached hydrogens (tertiary/aromatic N) is 1. The van der Waals surface area contributed by atoms with Gasteiger partial charge in [0.1, 0.15) is 0 Å². The lowest BCUT2D eigenvalue weighted by molar-refractivity contribution is 0.0453. The number of aliphatic imine (C=N–C) groups is 1. The molecule has 0 radical (unpaired) electrons. The summed E-state index contributed by atoms with van der Waals surface area (Å²) in [6, 6.07) is 8.37. The van der Waals surface area contributed by atoms with Crippen LogP contribution in [0.2, 0.25) is 0 Å². The van der Waals surface area contributed by atoms with Crippen molar-refractivity contribution in [2.24, 2.45) is 10.9 Å². The molecule has 0 saturated carbocycles. The lowest BCUT2D eigenvalue weighted by Crippen LogP contribution is -2.38. The van der Waals surface area contributed by atoms with Gasteiger partial charge in [0.05, 0.1) is 26.4 Å². The number of nitrogens with one attached hydrogen (secondary N) is 2. The Kier molecular flexibility index (Phi) is 14.2. The molecule has 0 spiro atoms. The summed E-state index contributed by atoms with van der Waals surface area (Å²) < 4.78 is 16.5. The van der Waals surface area contributed by atoms with E-state index in [0.717, 1.165) is 50.9 Å². The molecule has 2 N–H and O–H groups in total. The second kappa shape index (κ2) is 16.3. The van der Waals surface area contributed by atoms with Crippen LogP contribution in [0, 0.1) is 5.92 Å². The molecular weight excluding hydrogens is 354 g/mol. The van der Waals surface area contributed by atoms with Crippen LogP contribution in [-0.2, 0) is 27.4 Å². The Morgan fingerprint density at radius 1 is 1.00 bits per heavy atom. The third-order valence-electron chi connectivity index (χ3n) is 3.81. The first-order valence-electron chi connectivity index (χ1n) is 10.5. The summed E-state index contributed by atoms with van der Waals surface area (Å²) in [4.78, 5) is 4.68. The summed E-state index contributed by atoms with van der Waals surface area (Å²) in [5.41, 5.74) is 2.33. The van der Waals surface area contributed by atoms with Crippen molar-refractivity contribution in [2.75, 3.05) is 46.1 Å². The largest absolute Gasteiger partial charge is 0.381 e. The molecule has 0 aliphatic heterocycles. The quantitative estimate of drug-likeness (QED) is 0.272. The molecule has 0 heterocycles. The molecule has 28 heavy (non-hydrogen) atoms. The number of benzene rings is 1. The van der Waals surface area contributed by atoms with Gasteiger partial charge in [-0.15, -0.1) is 0 Å². The molecule has 0 aliphatic carbocycles. The van der Waals surface area contributed by atoms with Crippen LogP contribution in [0.4, 0.5) is 0 Å². The molecule has 0 amide bonds. The topological polar surface area (TPSA) is 64.1 Å². The number of hydrogen-bond acceptors (Lipinski definition) is 4. The Morgan fingerprint density at radius 2 is 1.79 bits per heavy atom. The molecule has 0 aliphatic rings. The average molecular weight is 394 g/mol. The Hall–Kier alpha value is -1.63. The maximum atomic E-state index is 5.64. The molecule has 1 rings (SSSR count).